The van der Waals surface area contributed by atoms with E-state index in [1.807, 2.05) is 50.2 Å². The maximum absolute atomic E-state index is 12.9. The fourth-order valence-corrected chi connectivity index (χ4v) is 3.59. The van der Waals surface area contributed by atoms with Crippen LogP contribution in [0.15, 0.2) is 84.9 Å². The molecule has 1 atom stereocenters. The number of rotatable bonds is 14. The Hall–Kier alpha value is -4.83. The van der Waals surface area contributed by atoms with Gasteiger partial charge in [0, 0.05) is 33.5 Å². The number of carbonyl (C=O) groups is 5. The number of ketones is 1. The normalized spacial score (nSPS) is 10.5. The summed E-state index contributed by atoms with van der Waals surface area (Å²) in [6.07, 6.45) is 1.84. The Kier molecular flexibility index (Phi) is 20.1. The van der Waals surface area contributed by atoms with Crippen molar-refractivity contribution in [3.63, 3.8) is 0 Å². The minimum Gasteiger partial charge on any atom is -0.462 e. The zero-order valence-electron chi connectivity index (χ0n) is 27.3. The van der Waals surface area contributed by atoms with E-state index >= 15 is 0 Å². The molecule has 10 heteroatoms. The Morgan fingerprint density at radius 2 is 1.22 bits per heavy atom. The average Bonchev–Trinajstić information content (AvgIpc) is 3.05. The van der Waals surface area contributed by atoms with E-state index in [4.69, 9.17) is 14.2 Å². The molecule has 0 fully saturated rings. The van der Waals surface area contributed by atoms with Gasteiger partial charge in [-0.05, 0) is 61.7 Å². The van der Waals surface area contributed by atoms with Crippen LogP contribution in [-0.2, 0) is 35.1 Å². The standard InChI is InChI=1S/C28H33NO8.C6H6.C2H6O/c1-4-6-25(31)29-24(18-20-8-12-22(13-9-20)36-26(32)16-7-19(3)30)28(34)37-23-14-10-21(11-15-23)27(33)35-17-5-2;1-2-4-6-5-3-1;1-3-2/h8-15,24H,4-7,16-18H2,1-3H3,(H,29,31);1-6H;1-2H3. The Morgan fingerprint density at radius 3 is 1.72 bits per heavy atom. The Balaban J connectivity index is 0.00000102. The van der Waals surface area contributed by atoms with Gasteiger partial charge in [0.2, 0.25) is 5.91 Å². The van der Waals surface area contributed by atoms with Crippen molar-refractivity contribution in [3.05, 3.63) is 96.1 Å². The molecule has 0 aliphatic carbocycles. The molecule has 1 N–H and O–H groups in total. The lowest BCUT2D eigenvalue weighted by Gasteiger charge is -2.18. The maximum Gasteiger partial charge on any atom is 0.338 e. The van der Waals surface area contributed by atoms with Crippen LogP contribution in [0.25, 0.3) is 0 Å². The van der Waals surface area contributed by atoms with Gasteiger partial charge >= 0.3 is 17.9 Å². The average molecular weight is 636 g/mol. The second-order valence-electron chi connectivity index (χ2n) is 10.0. The van der Waals surface area contributed by atoms with Gasteiger partial charge < -0.3 is 29.1 Å². The van der Waals surface area contributed by atoms with Crippen molar-refractivity contribution in [2.75, 3.05) is 20.8 Å². The Bertz CT molecular complexity index is 1300. The van der Waals surface area contributed by atoms with Crippen LogP contribution < -0.4 is 14.8 Å². The fourth-order valence-electron chi connectivity index (χ4n) is 3.59. The molecule has 3 aromatic carbocycles. The number of amides is 1. The topological polar surface area (TPSA) is 134 Å². The van der Waals surface area contributed by atoms with Gasteiger partial charge in [0.1, 0.15) is 23.3 Å². The van der Waals surface area contributed by atoms with Crippen molar-refractivity contribution in [2.45, 2.75) is 65.3 Å². The van der Waals surface area contributed by atoms with Crippen LogP contribution >= 0.6 is 0 Å². The summed E-state index contributed by atoms with van der Waals surface area (Å²) in [5, 5.41) is 2.71. The van der Waals surface area contributed by atoms with Gasteiger partial charge in [0.15, 0.2) is 0 Å². The molecule has 0 bridgehead atoms. The second-order valence-corrected chi connectivity index (χ2v) is 10.0. The smallest absolute Gasteiger partial charge is 0.338 e. The van der Waals surface area contributed by atoms with Crippen molar-refractivity contribution in [1.29, 1.82) is 0 Å². The molecule has 0 radical (unpaired) electrons. The molecule has 3 aromatic rings. The molecule has 0 heterocycles. The number of nitrogens with one attached hydrogen (secondary N) is 1. The van der Waals surface area contributed by atoms with Gasteiger partial charge in [-0.1, -0.05) is 62.4 Å². The lowest BCUT2D eigenvalue weighted by atomic mass is 10.1. The highest BCUT2D eigenvalue weighted by Crippen LogP contribution is 2.17. The van der Waals surface area contributed by atoms with Crippen molar-refractivity contribution < 1.29 is 42.9 Å². The molecule has 0 aromatic heterocycles. The van der Waals surface area contributed by atoms with Crippen molar-refractivity contribution >= 4 is 29.6 Å². The highest BCUT2D eigenvalue weighted by atomic mass is 16.5. The number of ether oxygens (including phenoxy) is 4. The minimum absolute atomic E-state index is 0.00460. The first-order chi connectivity index (χ1) is 22.1. The molecule has 1 unspecified atom stereocenters. The quantitative estimate of drug-likeness (QED) is 0.169. The largest absolute Gasteiger partial charge is 0.462 e. The predicted molar refractivity (Wildman–Crippen MR) is 175 cm³/mol. The van der Waals surface area contributed by atoms with Crippen LogP contribution in [0.2, 0.25) is 0 Å². The molecule has 46 heavy (non-hydrogen) atoms. The summed E-state index contributed by atoms with van der Waals surface area (Å²) in [6.45, 7) is 5.48. The van der Waals surface area contributed by atoms with Crippen LogP contribution in [0.3, 0.4) is 0 Å². The van der Waals surface area contributed by atoms with E-state index in [-0.39, 0.29) is 43.1 Å². The SMILES string of the molecule is CCCOC(=O)c1ccc(OC(=O)C(Cc2ccc(OC(=O)CCC(C)=O)cc2)NC(=O)CCC)cc1.COC.c1ccccc1. The van der Waals surface area contributed by atoms with E-state index in [9.17, 15) is 24.0 Å². The zero-order valence-corrected chi connectivity index (χ0v) is 27.3. The predicted octanol–water partition coefficient (Wildman–Crippen LogP) is 5.91. The summed E-state index contributed by atoms with van der Waals surface area (Å²) in [5.74, 6) is -1.48. The highest BCUT2D eigenvalue weighted by molar-refractivity contribution is 5.90. The highest BCUT2D eigenvalue weighted by Gasteiger charge is 2.23. The van der Waals surface area contributed by atoms with Gasteiger partial charge in [-0.25, -0.2) is 9.59 Å². The summed E-state index contributed by atoms with van der Waals surface area (Å²) >= 11 is 0. The van der Waals surface area contributed by atoms with E-state index < -0.39 is 23.9 Å². The third kappa shape index (κ3) is 17.5. The van der Waals surface area contributed by atoms with Crippen molar-refractivity contribution in [3.8, 4) is 11.5 Å². The van der Waals surface area contributed by atoms with E-state index in [1.165, 1.54) is 31.2 Å². The molecular weight excluding hydrogens is 590 g/mol. The summed E-state index contributed by atoms with van der Waals surface area (Å²) in [7, 11) is 3.25. The van der Waals surface area contributed by atoms with Gasteiger partial charge in [0.25, 0.3) is 0 Å². The zero-order chi connectivity index (χ0) is 34.2. The third-order valence-electron chi connectivity index (χ3n) is 5.79. The monoisotopic (exact) mass is 635 g/mol. The van der Waals surface area contributed by atoms with Gasteiger partial charge in [-0.2, -0.15) is 0 Å². The molecule has 248 valence electrons. The molecule has 3 rings (SSSR count). The van der Waals surface area contributed by atoms with Crippen LogP contribution in [0.4, 0.5) is 0 Å². The number of methoxy groups -OCH3 is 1. The number of hydrogen-bond donors (Lipinski definition) is 1. The van der Waals surface area contributed by atoms with E-state index in [0.29, 0.717) is 36.3 Å². The van der Waals surface area contributed by atoms with Crippen LogP contribution in [0, 0.1) is 0 Å². The molecule has 0 saturated carbocycles. The van der Waals surface area contributed by atoms with Gasteiger partial charge in [-0.15, -0.1) is 0 Å². The fraction of sp³-hybridized carbons (Fsp3) is 0.361. The molecule has 0 saturated heterocycles. The summed E-state index contributed by atoms with van der Waals surface area (Å²) in [5.41, 5.74) is 1.04. The first kappa shape index (κ1) is 39.2. The molecule has 0 aliphatic rings. The first-order valence-electron chi connectivity index (χ1n) is 15.1. The first-order valence-corrected chi connectivity index (χ1v) is 15.1. The third-order valence-corrected chi connectivity index (χ3v) is 5.79. The Morgan fingerprint density at radius 1 is 0.696 bits per heavy atom. The number of Topliss-reactive ketones (excluding diaryl/α,β-unsaturated/α-hetero) is 1. The van der Waals surface area contributed by atoms with Gasteiger partial charge in [0.05, 0.1) is 18.6 Å². The van der Waals surface area contributed by atoms with E-state index in [2.05, 4.69) is 10.1 Å². The van der Waals surface area contributed by atoms with Crippen LogP contribution in [0.5, 0.6) is 11.5 Å². The number of benzene rings is 3. The minimum atomic E-state index is -0.961. The number of esters is 3. The number of carbonyl (C=O) groups excluding carboxylic acids is 5. The lowest BCUT2D eigenvalue weighted by molar-refractivity contribution is -0.139. The van der Waals surface area contributed by atoms with E-state index in [0.717, 1.165) is 0 Å². The number of hydrogen-bond acceptors (Lipinski definition) is 9. The van der Waals surface area contributed by atoms with E-state index in [1.54, 1.807) is 38.5 Å². The summed E-state index contributed by atoms with van der Waals surface area (Å²) in [6, 6.07) is 23.5. The molecule has 0 spiro atoms. The molecule has 0 aliphatic heterocycles. The molecule has 1 amide bonds. The molecular formula is C36H45NO9. The second kappa shape index (κ2) is 23.5. The van der Waals surface area contributed by atoms with Crippen molar-refractivity contribution in [1.82, 2.24) is 5.32 Å². The van der Waals surface area contributed by atoms with Gasteiger partial charge in [-0.3, -0.25) is 9.59 Å². The van der Waals surface area contributed by atoms with Crippen molar-refractivity contribution in [2.24, 2.45) is 0 Å². The van der Waals surface area contributed by atoms with Crippen LogP contribution in [-0.4, -0.2) is 56.5 Å². The van der Waals surface area contributed by atoms with Crippen LogP contribution in [0.1, 0.15) is 68.8 Å². The Labute approximate surface area is 271 Å². The molecule has 10 nitrogen and oxygen atoms in total. The summed E-state index contributed by atoms with van der Waals surface area (Å²) in [4.78, 5) is 60.0. The summed E-state index contributed by atoms with van der Waals surface area (Å²) < 4.78 is 20.0. The maximum atomic E-state index is 12.9. The lowest BCUT2D eigenvalue weighted by Crippen LogP contribution is -2.44.